The van der Waals surface area contributed by atoms with E-state index in [0.29, 0.717) is 5.69 Å². The molecule has 1 heterocycles. The fourth-order valence-corrected chi connectivity index (χ4v) is 1.62. The Morgan fingerprint density at radius 2 is 2.21 bits per heavy atom. The van der Waals surface area contributed by atoms with E-state index in [2.05, 4.69) is 26.1 Å². The van der Waals surface area contributed by atoms with E-state index < -0.39 is 0 Å². The van der Waals surface area contributed by atoms with Gasteiger partial charge in [-0.25, -0.2) is 0 Å². The number of thiophene rings is 1. The van der Waals surface area contributed by atoms with Gasteiger partial charge in [-0.1, -0.05) is 32.1 Å². The Morgan fingerprint density at radius 1 is 1.57 bits per heavy atom. The Bertz CT molecular complexity index is 328. The van der Waals surface area contributed by atoms with Crippen LogP contribution < -0.4 is 5.32 Å². The lowest BCUT2D eigenvalue weighted by Gasteiger charge is -2.18. The molecular formula is C9H14N2O2S. The summed E-state index contributed by atoms with van der Waals surface area (Å²) in [5.41, 5.74) is 0.741. The van der Waals surface area contributed by atoms with Crippen molar-refractivity contribution in [2.45, 2.75) is 20.8 Å². The highest BCUT2D eigenvalue weighted by Crippen LogP contribution is 2.31. The predicted molar refractivity (Wildman–Crippen MR) is 58.9 cm³/mol. The second-order valence-corrected chi connectivity index (χ2v) is 5.21. The third-order valence-electron chi connectivity index (χ3n) is 1.62. The molecule has 0 radical (unpaired) electrons. The van der Waals surface area contributed by atoms with Crippen molar-refractivity contribution in [3.05, 3.63) is 21.6 Å². The maximum atomic E-state index is 10.6. The lowest BCUT2D eigenvalue weighted by atomic mass is 9.97. The molecule has 1 rings (SSSR count). The van der Waals surface area contributed by atoms with Crippen molar-refractivity contribution in [1.82, 2.24) is 0 Å². The number of rotatable bonds is 3. The van der Waals surface area contributed by atoms with Crippen LogP contribution in [-0.4, -0.2) is 11.5 Å². The van der Waals surface area contributed by atoms with Crippen molar-refractivity contribution in [3.8, 4) is 0 Å². The Balaban J connectivity index is 2.68. The van der Waals surface area contributed by atoms with Crippen molar-refractivity contribution in [3.63, 3.8) is 0 Å². The molecule has 0 aliphatic rings. The lowest BCUT2D eigenvalue weighted by Crippen LogP contribution is -2.19. The first-order valence-corrected chi connectivity index (χ1v) is 5.24. The first kappa shape index (κ1) is 11.0. The van der Waals surface area contributed by atoms with Crippen LogP contribution in [0.3, 0.4) is 0 Å². The molecule has 0 aliphatic heterocycles. The van der Waals surface area contributed by atoms with Crippen LogP contribution in [0.2, 0.25) is 0 Å². The van der Waals surface area contributed by atoms with Crippen LogP contribution in [0, 0.1) is 15.5 Å². The van der Waals surface area contributed by atoms with Gasteiger partial charge in [0, 0.05) is 6.54 Å². The number of hydrogen-bond donors (Lipinski definition) is 1. The first-order valence-electron chi connectivity index (χ1n) is 4.36. The van der Waals surface area contributed by atoms with Gasteiger partial charge < -0.3 is 5.32 Å². The van der Waals surface area contributed by atoms with E-state index in [9.17, 15) is 10.1 Å². The normalized spacial score (nSPS) is 11.4. The summed E-state index contributed by atoms with van der Waals surface area (Å²) in [5, 5.41) is 15.6. The van der Waals surface area contributed by atoms with Crippen LogP contribution in [0.5, 0.6) is 0 Å². The molecule has 1 aromatic rings. The monoisotopic (exact) mass is 214 g/mol. The summed E-state index contributed by atoms with van der Waals surface area (Å²) < 4.78 is 0. The second kappa shape index (κ2) is 3.96. The molecule has 0 amide bonds. The summed E-state index contributed by atoms with van der Waals surface area (Å²) >= 11 is 1.15. The Labute approximate surface area is 87.1 Å². The molecule has 0 saturated heterocycles. The molecule has 0 unspecified atom stereocenters. The van der Waals surface area contributed by atoms with E-state index in [1.54, 1.807) is 11.4 Å². The maximum Gasteiger partial charge on any atom is 0.347 e. The molecule has 0 atom stereocenters. The third kappa shape index (κ3) is 2.99. The van der Waals surface area contributed by atoms with Crippen LogP contribution in [0.4, 0.5) is 10.7 Å². The molecule has 4 nitrogen and oxygen atoms in total. The van der Waals surface area contributed by atoms with E-state index in [4.69, 9.17) is 0 Å². The van der Waals surface area contributed by atoms with Crippen molar-refractivity contribution in [2.24, 2.45) is 5.41 Å². The van der Waals surface area contributed by atoms with Crippen molar-refractivity contribution >= 4 is 22.0 Å². The lowest BCUT2D eigenvalue weighted by molar-refractivity contribution is -0.379. The van der Waals surface area contributed by atoms with E-state index in [1.165, 1.54) is 0 Å². The number of nitrogens with one attached hydrogen (secondary N) is 1. The SMILES string of the molecule is CC(C)(C)CNc1ccsc1[N+](=O)[O-]. The number of hydrogen-bond acceptors (Lipinski definition) is 4. The topological polar surface area (TPSA) is 55.2 Å². The van der Waals surface area contributed by atoms with Gasteiger partial charge in [0.25, 0.3) is 0 Å². The fourth-order valence-electron chi connectivity index (χ4n) is 0.938. The number of nitrogens with zero attached hydrogens (tertiary/aromatic N) is 1. The van der Waals surface area contributed by atoms with Gasteiger partial charge >= 0.3 is 5.00 Å². The fraction of sp³-hybridized carbons (Fsp3) is 0.556. The highest BCUT2D eigenvalue weighted by Gasteiger charge is 2.17. The van der Waals surface area contributed by atoms with Gasteiger partial charge in [0.05, 0.1) is 4.92 Å². The highest BCUT2D eigenvalue weighted by atomic mass is 32.1. The van der Waals surface area contributed by atoms with Crippen LogP contribution >= 0.6 is 11.3 Å². The van der Waals surface area contributed by atoms with Crippen LogP contribution in [-0.2, 0) is 0 Å². The van der Waals surface area contributed by atoms with E-state index in [0.717, 1.165) is 17.9 Å². The minimum Gasteiger partial charge on any atom is -0.378 e. The molecule has 78 valence electrons. The zero-order valence-electron chi connectivity index (χ0n) is 8.53. The largest absolute Gasteiger partial charge is 0.378 e. The molecule has 14 heavy (non-hydrogen) atoms. The maximum absolute atomic E-state index is 10.6. The van der Waals surface area contributed by atoms with E-state index >= 15 is 0 Å². The Kier molecular flexibility index (Phi) is 3.10. The zero-order valence-corrected chi connectivity index (χ0v) is 9.35. The number of nitro groups is 1. The quantitative estimate of drug-likeness (QED) is 0.621. The van der Waals surface area contributed by atoms with Crippen molar-refractivity contribution < 1.29 is 4.92 Å². The average molecular weight is 214 g/mol. The molecule has 0 bridgehead atoms. The average Bonchev–Trinajstić information content (AvgIpc) is 2.46. The summed E-state index contributed by atoms with van der Waals surface area (Å²) in [5.74, 6) is 0. The van der Waals surface area contributed by atoms with E-state index in [1.807, 2.05) is 0 Å². The van der Waals surface area contributed by atoms with Gasteiger partial charge in [0.1, 0.15) is 5.69 Å². The molecule has 0 aliphatic carbocycles. The zero-order chi connectivity index (χ0) is 10.8. The van der Waals surface area contributed by atoms with Crippen molar-refractivity contribution in [2.75, 3.05) is 11.9 Å². The summed E-state index contributed by atoms with van der Waals surface area (Å²) in [7, 11) is 0. The standard InChI is InChI=1S/C9H14N2O2S/c1-9(2,3)6-10-7-4-5-14-8(7)11(12)13/h4-5,10H,6H2,1-3H3. The van der Waals surface area contributed by atoms with E-state index in [-0.39, 0.29) is 15.3 Å². The predicted octanol–water partition coefficient (Wildman–Crippen LogP) is 3.11. The molecule has 0 fully saturated rings. The molecule has 0 aromatic carbocycles. The van der Waals surface area contributed by atoms with Gasteiger partial charge in [-0.15, -0.1) is 0 Å². The van der Waals surface area contributed by atoms with Gasteiger partial charge in [-0.3, -0.25) is 10.1 Å². The first-order chi connectivity index (χ1) is 6.40. The minimum atomic E-state index is -0.352. The van der Waals surface area contributed by atoms with Gasteiger partial charge in [0.2, 0.25) is 0 Å². The minimum absolute atomic E-state index is 0.121. The highest BCUT2D eigenvalue weighted by molar-refractivity contribution is 7.14. The Hall–Kier alpha value is -1.10. The van der Waals surface area contributed by atoms with Crippen LogP contribution in [0.15, 0.2) is 11.4 Å². The van der Waals surface area contributed by atoms with Gasteiger partial charge in [-0.2, -0.15) is 0 Å². The Morgan fingerprint density at radius 3 is 2.71 bits per heavy atom. The number of anilines is 1. The summed E-state index contributed by atoms with van der Waals surface area (Å²) in [4.78, 5) is 10.2. The molecule has 1 N–H and O–H groups in total. The van der Waals surface area contributed by atoms with Gasteiger partial charge in [0.15, 0.2) is 0 Å². The molecule has 0 spiro atoms. The van der Waals surface area contributed by atoms with Crippen LogP contribution in [0.25, 0.3) is 0 Å². The molecular weight excluding hydrogens is 200 g/mol. The summed E-state index contributed by atoms with van der Waals surface area (Å²) in [6.45, 7) is 6.97. The molecule has 0 saturated carbocycles. The van der Waals surface area contributed by atoms with Crippen molar-refractivity contribution in [1.29, 1.82) is 0 Å². The smallest absolute Gasteiger partial charge is 0.347 e. The second-order valence-electron chi connectivity index (χ2n) is 4.31. The summed E-state index contributed by atoms with van der Waals surface area (Å²) in [6.07, 6.45) is 0. The molecule has 5 heteroatoms. The molecule has 1 aromatic heterocycles. The summed E-state index contributed by atoms with van der Waals surface area (Å²) in [6, 6.07) is 1.74. The third-order valence-corrected chi connectivity index (χ3v) is 2.48. The van der Waals surface area contributed by atoms with Crippen LogP contribution in [0.1, 0.15) is 20.8 Å². The van der Waals surface area contributed by atoms with Gasteiger partial charge in [-0.05, 0) is 16.9 Å².